The van der Waals surface area contributed by atoms with Crippen LogP contribution in [0.4, 0.5) is 10.7 Å². The van der Waals surface area contributed by atoms with Gasteiger partial charge in [-0.15, -0.1) is 11.3 Å². The molecule has 10 heteroatoms. The Bertz CT molecular complexity index is 1380. The van der Waals surface area contributed by atoms with Gasteiger partial charge in [0.15, 0.2) is 0 Å². The molecule has 1 aliphatic carbocycles. The molecule has 1 aliphatic rings. The second-order valence-corrected chi connectivity index (χ2v) is 11.9. The molecule has 0 spiro atoms. The number of rotatable bonds is 8. The molecular formula is C26H27ClN2O5S2. The van der Waals surface area contributed by atoms with Gasteiger partial charge in [0.05, 0.1) is 30.7 Å². The van der Waals surface area contributed by atoms with Gasteiger partial charge in [0.1, 0.15) is 5.00 Å². The van der Waals surface area contributed by atoms with Gasteiger partial charge in [-0.3, -0.25) is 9.10 Å². The lowest BCUT2D eigenvalue weighted by Crippen LogP contribution is -2.29. The van der Waals surface area contributed by atoms with Crippen molar-refractivity contribution in [2.24, 2.45) is 0 Å². The maximum atomic E-state index is 13.1. The van der Waals surface area contributed by atoms with Crippen molar-refractivity contribution in [1.29, 1.82) is 0 Å². The summed E-state index contributed by atoms with van der Waals surface area (Å²) in [6, 6.07) is 13.3. The molecule has 0 atom stereocenters. The molecule has 0 saturated carbocycles. The second kappa shape index (κ2) is 11.0. The maximum Gasteiger partial charge on any atom is 0.341 e. The van der Waals surface area contributed by atoms with Crippen LogP contribution in [-0.2, 0) is 34.1 Å². The van der Waals surface area contributed by atoms with Crippen LogP contribution in [0.1, 0.15) is 56.5 Å². The molecule has 3 aromatic rings. The monoisotopic (exact) mass is 546 g/mol. The molecule has 1 N–H and O–H groups in total. The molecular weight excluding hydrogens is 520 g/mol. The number of anilines is 2. The van der Waals surface area contributed by atoms with Gasteiger partial charge in [-0.25, -0.2) is 13.2 Å². The van der Waals surface area contributed by atoms with Crippen LogP contribution in [0.3, 0.4) is 0 Å². The minimum absolute atomic E-state index is 0.0632. The van der Waals surface area contributed by atoms with Crippen LogP contribution in [0.25, 0.3) is 0 Å². The van der Waals surface area contributed by atoms with Crippen molar-refractivity contribution in [2.45, 2.75) is 39.2 Å². The number of nitrogens with one attached hydrogen (secondary N) is 1. The van der Waals surface area contributed by atoms with E-state index in [0.29, 0.717) is 32.4 Å². The molecule has 190 valence electrons. The largest absolute Gasteiger partial charge is 0.462 e. The van der Waals surface area contributed by atoms with Crippen LogP contribution in [0.15, 0.2) is 48.5 Å². The van der Waals surface area contributed by atoms with Gasteiger partial charge in [0.25, 0.3) is 5.91 Å². The first-order valence-corrected chi connectivity index (χ1v) is 14.7. The van der Waals surface area contributed by atoms with Gasteiger partial charge >= 0.3 is 5.97 Å². The number of sulfonamides is 1. The Kier molecular flexibility index (Phi) is 8.02. The van der Waals surface area contributed by atoms with Crippen LogP contribution in [0.5, 0.6) is 0 Å². The van der Waals surface area contributed by atoms with E-state index >= 15 is 0 Å². The number of carbonyl (C=O) groups is 2. The molecule has 0 aliphatic heterocycles. The number of aryl methyl sites for hydroxylation is 1. The van der Waals surface area contributed by atoms with Gasteiger partial charge in [-0.05, 0) is 74.1 Å². The lowest BCUT2D eigenvalue weighted by Gasteiger charge is -2.23. The fourth-order valence-corrected chi connectivity index (χ4v) is 6.56. The minimum Gasteiger partial charge on any atom is -0.462 e. The van der Waals surface area contributed by atoms with Crippen LogP contribution >= 0.6 is 22.9 Å². The number of ether oxygens (including phenoxy) is 1. The predicted octanol–water partition coefficient (Wildman–Crippen LogP) is 5.68. The van der Waals surface area contributed by atoms with Crippen LogP contribution < -0.4 is 9.62 Å². The molecule has 1 heterocycles. The zero-order valence-corrected chi connectivity index (χ0v) is 22.4. The molecule has 0 bridgehead atoms. The van der Waals surface area contributed by atoms with E-state index in [9.17, 15) is 18.0 Å². The molecule has 1 amide bonds. The van der Waals surface area contributed by atoms with E-state index in [2.05, 4.69) is 5.32 Å². The van der Waals surface area contributed by atoms with Gasteiger partial charge in [-0.2, -0.15) is 0 Å². The number of thiophene rings is 1. The third-order valence-electron chi connectivity index (χ3n) is 5.97. The summed E-state index contributed by atoms with van der Waals surface area (Å²) in [5.41, 5.74) is 2.83. The molecule has 2 aromatic carbocycles. The summed E-state index contributed by atoms with van der Waals surface area (Å²) >= 11 is 7.66. The third-order valence-corrected chi connectivity index (χ3v) is 8.68. The highest BCUT2D eigenvalue weighted by atomic mass is 35.5. The Labute approximate surface area is 220 Å². The highest BCUT2D eigenvalue weighted by Crippen LogP contribution is 2.39. The van der Waals surface area contributed by atoms with E-state index in [4.69, 9.17) is 16.3 Å². The van der Waals surface area contributed by atoms with Gasteiger partial charge in [0, 0.05) is 15.5 Å². The van der Waals surface area contributed by atoms with E-state index in [-0.39, 0.29) is 19.1 Å². The van der Waals surface area contributed by atoms with Crippen molar-refractivity contribution in [3.8, 4) is 0 Å². The number of nitrogens with zero attached hydrogens (tertiary/aromatic N) is 1. The highest BCUT2D eigenvalue weighted by molar-refractivity contribution is 7.92. The fraction of sp³-hybridized carbons (Fsp3) is 0.308. The van der Waals surface area contributed by atoms with Crippen molar-refractivity contribution in [1.82, 2.24) is 0 Å². The number of carbonyl (C=O) groups excluding carboxylic acids is 2. The molecule has 0 saturated heterocycles. The van der Waals surface area contributed by atoms with Crippen molar-refractivity contribution in [2.75, 3.05) is 22.5 Å². The average molecular weight is 547 g/mol. The molecule has 7 nitrogen and oxygen atoms in total. The second-order valence-electron chi connectivity index (χ2n) is 8.50. The Hall–Kier alpha value is -2.88. The van der Waals surface area contributed by atoms with Crippen LogP contribution in [0, 0.1) is 0 Å². The first kappa shape index (κ1) is 26.2. The molecule has 0 radical (unpaired) electrons. The normalized spacial score (nSPS) is 13.1. The number of fused-ring (bicyclic) bond motifs is 1. The Balaban J connectivity index is 1.58. The van der Waals surface area contributed by atoms with E-state index < -0.39 is 16.0 Å². The summed E-state index contributed by atoms with van der Waals surface area (Å²) in [5.74, 6) is -0.811. The van der Waals surface area contributed by atoms with E-state index in [0.717, 1.165) is 42.4 Å². The minimum atomic E-state index is -3.61. The first-order chi connectivity index (χ1) is 17.2. The molecule has 4 rings (SSSR count). The Morgan fingerprint density at radius 2 is 1.78 bits per heavy atom. The van der Waals surface area contributed by atoms with Crippen molar-refractivity contribution < 1.29 is 22.7 Å². The number of esters is 1. The Morgan fingerprint density at radius 1 is 1.08 bits per heavy atom. The third kappa shape index (κ3) is 5.74. The maximum absolute atomic E-state index is 13.1. The lowest BCUT2D eigenvalue weighted by atomic mass is 9.95. The van der Waals surface area contributed by atoms with E-state index in [1.165, 1.54) is 15.6 Å². The highest BCUT2D eigenvalue weighted by Gasteiger charge is 2.27. The van der Waals surface area contributed by atoms with Crippen molar-refractivity contribution >= 4 is 55.5 Å². The van der Waals surface area contributed by atoms with Gasteiger partial charge in [-0.1, -0.05) is 29.8 Å². The van der Waals surface area contributed by atoms with Crippen LogP contribution in [-0.4, -0.2) is 33.2 Å². The summed E-state index contributed by atoms with van der Waals surface area (Å²) in [6.07, 6.45) is 4.84. The zero-order chi connectivity index (χ0) is 25.9. The Morgan fingerprint density at radius 3 is 2.44 bits per heavy atom. The summed E-state index contributed by atoms with van der Waals surface area (Å²) in [5, 5.41) is 3.84. The smallest absolute Gasteiger partial charge is 0.341 e. The van der Waals surface area contributed by atoms with Gasteiger partial charge < -0.3 is 10.1 Å². The predicted molar refractivity (Wildman–Crippen MR) is 144 cm³/mol. The average Bonchev–Trinajstić information content (AvgIpc) is 3.21. The fourth-order valence-electron chi connectivity index (χ4n) is 4.21. The molecule has 36 heavy (non-hydrogen) atoms. The van der Waals surface area contributed by atoms with E-state index in [1.54, 1.807) is 55.5 Å². The number of halogens is 1. The van der Waals surface area contributed by atoms with Crippen molar-refractivity contribution in [3.05, 3.63) is 80.7 Å². The standard InChI is InChI=1S/C26H27ClN2O5S2/c1-3-34-26(31)23-20-9-5-7-11-22(20)35-25(23)28-24(30)17-12-14-19(15-13-17)29(36(2,32)33)16-18-8-4-6-10-21(18)27/h4,6,8,10,12-15H,3,5,7,9,11,16H2,1-2H3,(H,28,30). The number of amides is 1. The lowest BCUT2D eigenvalue weighted by molar-refractivity contribution is 0.0526. The molecule has 1 aromatic heterocycles. The number of hydrogen-bond acceptors (Lipinski definition) is 6. The summed E-state index contributed by atoms with van der Waals surface area (Å²) in [7, 11) is -3.61. The zero-order valence-electron chi connectivity index (χ0n) is 20.0. The van der Waals surface area contributed by atoms with Crippen molar-refractivity contribution in [3.63, 3.8) is 0 Å². The summed E-state index contributed by atoms with van der Waals surface area (Å²) < 4.78 is 31.5. The molecule has 0 fully saturated rings. The van der Waals surface area contributed by atoms with Gasteiger partial charge in [0.2, 0.25) is 10.0 Å². The quantitative estimate of drug-likeness (QED) is 0.367. The summed E-state index contributed by atoms with van der Waals surface area (Å²) in [6.45, 7) is 2.07. The number of hydrogen-bond donors (Lipinski definition) is 1. The molecule has 0 unspecified atom stereocenters. The van der Waals surface area contributed by atoms with E-state index in [1.807, 2.05) is 0 Å². The number of benzene rings is 2. The topological polar surface area (TPSA) is 92.8 Å². The first-order valence-electron chi connectivity index (χ1n) is 11.6. The SMILES string of the molecule is CCOC(=O)c1c(NC(=O)c2ccc(N(Cc3ccccc3Cl)S(C)(=O)=O)cc2)sc2c1CCCC2. The van der Waals surface area contributed by atoms with Crippen LogP contribution in [0.2, 0.25) is 5.02 Å². The summed E-state index contributed by atoms with van der Waals surface area (Å²) in [4.78, 5) is 26.8.